The molecule has 0 aliphatic carbocycles. The van der Waals surface area contributed by atoms with Crippen molar-refractivity contribution < 1.29 is 4.79 Å². The Morgan fingerprint density at radius 1 is 1.12 bits per heavy atom. The SMILES string of the molecule is Cc1cc(SCC(=O)Nc2c(Cl)cccc2Cl)nc2ccccc12. The normalized spacial score (nSPS) is 10.8. The highest BCUT2D eigenvalue weighted by molar-refractivity contribution is 7.99. The van der Waals surface area contributed by atoms with Gasteiger partial charge in [-0.3, -0.25) is 4.79 Å². The molecule has 6 heteroatoms. The first-order valence-corrected chi connectivity index (χ1v) is 9.02. The molecule has 0 saturated heterocycles. The molecule has 3 rings (SSSR count). The number of pyridine rings is 1. The molecular weight excluding hydrogens is 363 g/mol. The van der Waals surface area contributed by atoms with E-state index >= 15 is 0 Å². The van der Waals surface area contributed by atoms with E-state index in [1.54, 1.807) is 18.2 Å². The fourth-order valence-corrected chi connectivity index (χ4v) is 3.59. The van der Waals surface area contributed by atoms with Crippen molar-refractivity contribution in [2.75, 3.05) is 11.1 Å². The minimum Gasteiger partial charge on any atom is -0.323 e. The molecule has 122 valence electrons. The first-order chi connectivity index (χ1) is 11.5. The van der Waals surface area contributed by atoms with Crippen molar-refractivity contribution in [3.8, 4) is 0 Å². The number of hydrogen-bond donors (Lipinski definition) is 1. The van der Waals surface area contributed by atoms with E-state index in [1.807, 2.05) is 37.3 Å². The summed E-state index contributed by atoms with van der Waals surface area (Å²) in [5, 5.41) is 5.51. The van der Waals surface area contributed by atoms with Gasteiger partial charge in [-0.15, -0.1) is 0 Å². The number of hydrogen-bond acceptors (Lipinski definition) is 3. The average Bonchev–Trinajstić information content (AvgIpc) is 2.56. The number of rotatable bonds is 4. The minimum atomic E-state index is -0.178. The minimum absolute atomic E-state index is 0.178. The molecule has 0 radical (unpaired) electrons. The van der Waals surface area contributed by atoms with Gasteiger partial charge in [-0.25, -0.2) is 4.98 Å². The summed E-state index contributed by atoms with van der Waals surface area (Å²) in [4.78, 5) is 16.7. The van der Waals surface area contributed by atoms with Crippen LogP contribution < -0.4 is 5.32 Å². The Morgan fingerprint density at radius 3 is 2.58 bits per heavy atom. The van der Waals surface area contributed by atoms with E-state index in [0.717, 1.165) is 21.5 Å². The number of aromatic nitrogens is 1. The molecule has 0 unspecified atom stereocenters. The summed E-state index contributed by atoms with van der Waals surface area (Å²) in [5.41, 5.74) is 2.50. The Kier molecular flexibility index (Phi) is 5.29. The van der Waals surface area contributed by atoms with Crippen molar-refractivity contribution >= 4 is 57.5 Å². The fourth-order valence-electron chi connectivity index (χ4n) is 2.32. The molecule has 0 aliphatic rings. The maximum absolute atomic E-state index is 12.2. The monoisotopic (exact) mass is 376 g/mol. The third-order valence-corrected chi connectivity index (χ3v) is 5.02. The first-order valence-electron chi connectivity index (χ1n) is 7.27. The molecule has 0 saturated carbocycles. The highest BCUT2D eigenvalue weighted by Crippen LogP contribution is 2.30. The van der Waals surface area contributed by atoms with Crippen LogP contribution >= 0.6 is 35.0 Å². The molecule has 0 spiro atoms. The zero-order valence-corrected chi connectivity index (χ0v) is 15.2. The number of benzene rings is 2. The number of anilines is 1. The molecule has 1 heterocycles. The second-order valence-corrected chi connectivity index (χ2v) is 7.04. The van der Waals surface area contributed by atoms with Crippen LogP contribution in [0.25, 0.3) is 10.9 Å². The lowest BCUT2D eigenvalue weighted by Crippen LogP contribution is -2.14. The van der Waals surface area contributed by atoms with Gasteiger partial charge in [0.1, 0.15) is 0 Å². The molecular formula is C18H14Cl2N2OS. The number of carbonyl (C=O) groups is 1. The lowest BCUT2D eigenvalue weighted by molar-refractivity contribution is -0.113. The third-order valence-electron chi connectivity index (χ3n) is 3.48. The van der Waals surface area contributed by atoms with Crippen molar-refractivity contribution in [1.29, 1.82) is 0 Å². The Morgan fingerprint density at radius 2 is 1.83 bits per heavy atom. The number of carbonyl (C=O) groups excluding carboxylic acids is 1. The van der Waals surface area contributed by atoms with Crippen LogP contribution in [0.15, 0.2) is 53.6 Å². The predicted molar refractivity (Wildman–Crippen MR) is 102 cm³/mol. The summed E-state index contributed by atoms with van der Waals surface area (Å²) < 4.78 is 0. The Hall–Kier alpha value is -1.75. The van der Waals surface area contributed by atoms with E-state index < -0.39 is 0 Å². The largest absolute Gasteiger partial charge is 0.323 e. The van der Waals surface area contributed by atoms with Crippen LogP contribution in [0.2, 0.25) is 10.0 Å². The Bertz CT molecular complexity index is 894. The maximum atomic E-state index is 12.2. The Labute approximate surface area is 154 Å². The molecule has 0 atom stereocenters. The maximum Gasteiger partial charge on any atom is 0.234 e. The number of nitrogens with one attached hydrogen (secondary N) is 1. The summed E-state index contributed by atoms with van der Waals surface area (Å²) in [5.74, 6) is 0.0504. The van der Waals surface area contributed by atoms with Crippen LogP contribution in [0.5, 0.6) is 0 Å². The topological polar surface area (TPSA) is 42.0 Å². The standard InChI is InChI=1S/C18H14Cl2N2OS/c1-11-9-17(21-15-8-3-2-5-12(11)15)24-10-16(23)22-18-13(19)6-4-7-14(18)20/h2-9H,10H2,1H3,(H,22,23). The molecule has 24 heavy (non-hydrogen) atoms. The average molecular weight is 377 g/mol. The van der Waals surface area contributed by atoms with Gasteiger partial charge in [0.15, 0.2) is 0 Å². The molecule has 1 aromatic heterocycles. The molecule has 3 aromatic rings. The zero-order chi connectivity index (χ0) is 17.1. The number of amides is 1. The predicted octanol–water partition coefficient (Wildman–Crippen LogP) is 5.58. The van der Waals surface area contributed by atoms with E-state index in [9.17, 15) is 4.79 Å². The zero-order valence-electron chi connectivity index (χ0n) is 12.8. The van der Waals surface area contributed by atoms with Crippen molar-refractivity contribution in [3.05, 3.63) is 64.1 Å². The van der Waals surface area contributed by atoms with Gasteiger partial charge in [-0.05, 0) is 36.8 Å². The number of para-hydroxylation sites is 2. The number of aryl methyl sites for hydroxylation is 1. The Balaban J connectivity index is 1.70. The first kappa shape index (κ1) is 17.1. The van der Waals surface area contributed by atoms with Gasteiger partial charge in [0.2, 0.25) is 5.91 Å². The van der Waals surface area contributed by atoms with Crippen molar-refractivity contribution in [2.24, 2.45) is 0 Å². The van der Waals surface area contributed by atoms with E-state index in [4.69, 9.17) is 23.2 Å². The number of fused-ring (bicyclic) bond motifs is 1. The second-order valence-electron chi connectivity index (χ2n) is 5.23. The van der Waals surface area contributed by atoms with Crippen LogP contribution in [0.4, 0.5) is 5.69 Å². The van der Waals surface area contributed by atoms with Gasteiger partial charge >= 0.3 is 0 Å². The summed E-state index contributed by atoms with van der Waals surface area (Å²) in [6.45, 7) is 2.04. The highest BCUT2D eigenvalue weighted by atomic mass is 35.5. The van der Waals surface area contributed by atoms with Crippen molar-refractivity contribution in [1.82, 2.24) is 4.98 Å². The van der Waals surface area contributed by atoms with Gasteiger partial charge in [0.05, 0.1) is 32.0 Å². The second kappa shape index (κ2) is 7.43. The quantitative estimate of drug-likeness (QED) is 0.604. The van der Waals surface area contributed by atoms with Gasteiger partial charge < -0.3 is 5.32 Å². The van der Waals surface area contributed by atoms with E-state index in [2.05, 4.69) is 10.3 Å². The smallest absolute Gasteiger partial charge is 0.234 e. The van der Waals surface area contributed by atoms with Crippen LogP contribution in [0.3, 0.4) is 0 Å². The van der Waals surface area contributed by atoms with E-state index in [-0.39, 0.29) is 11.7 Å². The number of nitrogens with zero attached hydrogens (tertiary/aromatic N) is 1. The molecule has 0 aliphatic heterocycles. The molecule has 0 bridgehead atoms. The molecule has 1 N–H and O–H groups in total. The van der Waals surface area contributed by atoms with Gasteiger partial charge in [-0.1, -0.05) is 59.2 Å². The van der Waals surface area contributed by atoms with Crippen LogP contribution in [0.1, 0.15) is 5.56 Å². The lowest BCUT2D eigenvalue weighted by Gasteiger charge is -2.09. The summed E-state index contributed by atoms with van der Waals surface area (Å²) in [7, 11) is 0. The van der Waals surface area contributed by atoms with E-state index in [0.29, 0.717) is 15.7 Å². The number of halogens is 2. The summed E-state index contributed by atoms with van der Waals surface area (Å²) in [6.07, 6.45) is 0. The van der Waals surface area contributed by atoms with Crippen LogP contribution in [-0.4, -0.2) is 16.6 Å². The summed E-state index contributed by atoms with van der Waals surface area (Å²) in [6, 6.07) is 15.0. The van der Waals surface area contributed by atoms with Crippen molar-refractivity contribution in [3.63, 3.8) is 0 Å². The molecule has 3 nitrogen and oxygen atoms in total. The number of thioether (sulfide) groups is 1. The molecule has 2 aromatic carbocycles. The lowest BCUT2D eigenvalue weighted by atomic mass is 10.1. The van der Waals surface area contributed by atoms with Gasteiger partial charge in [-0.2, -0.15) is 0 Å². The fraction of sp³-hybridized carbons (Fsp3) is 0.111. The molecule has 0 fully saturated rings. The van der Waals surface area contributed by atoms with Crippen LogP contribution in [0, 0.1) is 6.92 Å². The summed E-state index contributed by atoms with van der Waals surface area (Å²) >= 11 is 13.5. The van der Waals surface area contributed by atoms with Crippen molar-refractivity contribution in [2.45, 2.75) is 11.9 Å². The third kappa shape index (κ3) is 3.83. The highest BCUT2D eigenvalue weighted by Gasteiger charge is 2.11. The van der Waals surface area contributed by atoms with E-state index in [1.165, 1.54) is 11.8 Å². The molecule has 1 amide bonds. The van der Waals surface area contributed by atoms with Gasteiger partial charge in [0, 0.05) is 5.39 Å². The van der Waals surface area contributed by atoms with Crippen LogP contribution in [-0.2, 0) is 4.79 Å². The van der Waals surface area contributed by atoms with Gasteiger partial charge in [0.25, 0.3) is 0 Å².